The fourth-order valence-corrected chi connectivity index (χ4v) is 3.53. The molecule has 0 aliphatic rings. The first-order valence-corrected chi connectivity index (χ1v) is 9.42. The summed E-state index contributed by atoms with van der Waals surface area (Å²) in [5.41, 5.74) is 13.8. The van der Waals surface area contributed by atoms with E-state index in [9.17, 15) is 4.79 Å². The fourth-order valence-electron chi connectivity index (χ4n) is 2.82. The van der Waals surface area contributed by atoms with Crippen LogP contribution in [0.1, 0.15) is 10.4 Å². The van der Waals surface area contributed by atoms with E-state index in [4.69, 9.17) is 11.5 Å². The number of hydrogen-bond donors (Lipinski definition) is 3. The number of nitrogens with one attached hydrogen (secondary N) is 1. The minimum absolute atomic E-state index is 0.0207. The molecule has 28 heavy (non-hydrogen) atoms. The molecule has 0 bridgehead atoms. The van der Waals surface area contributed by atoms with Crippen LogP contribution in [0.15, 0.2) is 77.1 Å². The van der Waals surface area contributed by atoms with E-state index in [-0.39, 0.29) is 11.9 Å². The van der Waals surface area contributed by atoms with Gasteiger partial charge in [-0.3, -0.25) is 4.79 Å². The van der Waals surface area contributed by atoms with Crippen molar-refractivity contribution in [3.05, 3.63) is 77.7 Å². The Kier molecular flexibility index (Phi) is 4.74. The molecule has 1 heterocycles. The summed E-state index contributed by atoms with van der Waals surface area (Å²) in [6, 6.07) is 21.1. The first-order valence-electron chi connectivity index (χ1n) is 8.54. The molecule has 0 saturated carbocycles. The van der Waals surface area contributed by atoms with Crippen molar-refractivity contribution in [2.24, 2.45) is 16.5 Å². The average Bonchev–Trinajstić information content (AvgIpc) is 3.16. The Bertz CT molecular complexity index is 1180. The highest BCUT2D eigenvalue weighted by atomic mass is 32.1. The summed E-state index contributed by atoms with van der Waals surface area (Å²) in [6.07, 6.45) is 0. The molecule has 4 rings (SSSR count). The zero-order valence-corrected chi connectivity index (χ0v) is 15.6. The molecule has 0 radical (unpaired) electrons. The van der Waals surface area contributed by atoms with Crippen molar-refractivity contribution >= 4 is 44.8 Å². The van der Waals surface area contributed by atoms with Crippen LogP contribution in [0.5, 0.6) is 0 Å². The number of anilines is 1. The van der Waals surface area contributed by atoms with E-state index >= 15 is 0 Å². The number of carbonyl (C=O) groups excluding carboxylic acids is 1. The third-order valence-corrected chi connectivity index (χ3v) is 4.90. The molecular weight excluding hydrogens is 370 g/mol. The fraction of sp³-hybridized carbons (Fsp3) is 0. The number of carbonyl (C=O) groups is 1. The number of benzene rings is 3. The van der Waals surface area contributed by atoms with Gasteiger partial charge in [0, 0.05) is 22.2 Å². The third kappa shape index (κ3) is 3.84. The van der Waals surface area contributed by atoms with Crippen molar-refractivity contribution in [3.63, 3.8) is 0 Å². The second-order valence-electron chi connectivity index (χ2n) is 6.15. The van der Waals surface area contributed by atoms with Gasteiger partial charge in [0.15, 0.2) is 5.96 Å². The van der Waals surface area contributed by atoms with E-state index < -0.39 is 0 Å². The minimum atomic E-state index is -0.151. The number of nitrogens with two attached hydrogens (primary N) is 2. The number of thiazole rings is 1. The second kappa shape index (κ2) is 7.50. The van der Waals surface area contributed by atoms with Crippen LogP contribution in [-0.4, -0.2) is 16.9 Å². The summed E-state index contributed by atoms with van der Waals surface area (Å²) in [5, 5.41) is 7.44. The molecule has 138 valence electrons. The minimum Gasteiger partial charge on any atom is -0.370 e. The van der Waals surface area contributed by atoms with Crippen molar-refractivity contribution in [2.45, 2.75) is 0 Å². The Labute approximate surface area is 165 Å². The van der Waals surface area contributed by atoms with E-state index in [2.05, 4.69) is 15.3 Å². The summed E-state index contributed by atoms with van der Waals surface area (Å²) in [6.45, 7) is 0. The molecular formula is C21H17N5OS. The third-order valence-electron chi connectivity index (χ3n) is 4.17. The number of rotatable bonds is 4. The zero-order valence-electron chi connectivity index (χ0n) is 14.8. The predicted molar refractivity (Wildman–Crippen MR) is 115 cm³/mol. The second-order valence-corrected chi connectivity index (χ2v) is 6.98. The lowest BCUT2D eigenvalue weighted by Gasteiger charge is -2.07. The van der Waals surface area contributed by atoms with Crippen molar-refractivity contribution in [1.29, 1.82) is 0 Å². The Hall–Kier alpha value is -3.71. The van der Waals surface area contributed by atoms with Gasteiger partial charge >= 0.3 is 0 Å². The molecule has 0 saturated heterocycles. The quantitative estimate of drug-likeness (QED) is 0.362. The summed E-state index contributed by atoms with van der Waals surface area (Å²) in [5.74, 6) is -0.171. The van der Waals surface area contributed by atoms with Crippen LogP contribution in [0.2, 0.25) is 0 Å². The SMILES string of the molecule is NC(N)=Nc1nc(-c2ccc(NC(=O)c3ccc4ccccc4c3)cc2)cs1. The molecule has 4 aromatic rings. The molecule has 1 amide bonds. The predicted octanol–water partition coefficient (Wildman–Crippen LogP) is 4.12. The Morgan fingerprint density at radius 2 is 1.71 bits per heavy atom. The number of aliphatic imine (C=N–C) groups is 1. The van der Waals surface area contributed by atoms with Gasteiger partial charge in [0.05, 0.1) is 5.69 Å². The highest BCUT2D eigenvalue weighted by Gasteiger charge is 2.08. The van der Waals surface area contributed by atoms with Crippen LogP contribution in [0, 0.1) is 0 Å². The first-order chi connectivity index (χ1) is 13.6. The average molecular weight is 387 g/mol. The van der Waals surface area contributed by atoms with Gasteiger partial charge in [-0.25, -0.2) is 4.98 Å². The van der Waals surface area contributed by atoms with Crippen LogP contribution in [0.25, 0.3) is 22.0 Å². The van der Waals surface area contributed by atoms with E-state index in [1.165, 1.54) is 11.3 Å². The molecule has 3 aromatic carbocycles. The van der Waals surface area contributed by atoms with Crippen LogP contribution in [0.3, 0.4) is 0 Å². The summed E-state index contributed by atoms with van der Waals surface area (Å²) < 4.78 is 0. The standard InChI is InChI=1S/C21H17N5OS/c22-20(23)26-21-25-18(12-28-21)14-7-9-17(10-8-14)24-19(27)16-6-5-13-3-1-2-4-15(13)11-16/h1-12H,(H,24,27)(H4,22,23,25,26). The maximum atomic E-state index is 12.6. The molecule has 5 N–H and O–H groups in total. The largest absolute Gasteiger partial charge is 0.370 e. The molecule has 1 aromatic heterocycles. The van der Waals surface area contributed by atoms with Gasteiger partial charge in [-0.15, -0.1) is 11.3 Å². The Morgan fingerprint density at radius 3 is 2.46 bits per heavy atom. The topological polar surface area (TPSA) is 106 Å². The lowest BCUT2D eigenvalue weighted by Crippen LogP contribution is -2.21. The molecule has 6 nitrogen and oxygen atoms in total. The molecule has 0 unspecified atom stereocenters. The molecule has 0 aliphatic carbocycles. The lowest BCUT2D eigenvalue weighted by molar-refractivity contribution is 0.102. The number of guanidine groups is 1. The van der Waals surface area contributed by atoms with Crippen LogP contribution >= 0.6 is 11.3 Å². The van der Waals surface area contributed by atoms with Crippen molar-refractivity contribution in [2.75, 3.05) is 5.32 Å². The lowest BCUT2D eigenvalue weighted by atomic mass is 10.1. The van der Waals surface area contributed by atoms with Crippen LogP contribution in [0.4, 0.5) is 10.8 Å². The number of aromatic nitrogens is 1. The van der Waals surface area contributed by atoms with Crippen molar-refractivity contribution in [3.8, 4) is 11.3 Å². The van der Waals surface area contributed by atoms with Crippen molar-refractivity contribution < 1.29 is 4.79 Å². The van der Waals surface area contributed by atoms with E-state index in [1.807, 2.05) is 72.1 Å². The Morgan fingerprint density at radius 1 is 0.964 bits per heavy atom. The van der Waals surface area contributed by atoms with Gasteiger partial charge in [-0.2, -0.15) is 4.99 Å². The van der Waals surface area contributed by atoms with Gasteiger partial charge in [0.25, 0.3) is 5.91 Å². The highest BCUT2D eigenvalue weighted by molar-refractivity contribution is 7.13. The molecule has 7 heteroatoms. The number of hydrogen-bond acceptors (Lipinski definition) is 4. The van der Waals surface area contributed by atoms with Gasteiger partial charge in [-0.1, -0.05) is 42.5 Å². The van der Waals surface area contributed by atoms with Gasteiger partial charge in [-0.05, 0) is 35.0 Å². The number of nitrogens with zero attached hydrogens (tertiary/aromatic N) is 2. The Balaban J connectivity index is 1.50. The summed E-state index contributed by atoms with van der Waals surface area (Å²) >= 11 is 1.36. The number of amides is 1. The molecule has 0 fully saturated rings. The van der Waals surface area contributed by atoms with E-state index in [0.29, 0.717) is 16.4 Å². The van der Waals surface area contributed by atoms with Crippen molar-refractivity contribution in [1.82, 2.24) is 4.98 Å². The highest BCUT2D eigenvalue weighted by Crippen LogP contribution is 2.27. The van der Waals surface area contributed by atoms with Crippen LogP contribution in [-0.2, 0) is 0 Å². The van der Waals surface area contributed by atoms with Gasteiger partial charge in [0.1, 0.15) is 0 Å². The van der Waals surface area contributed by atoms with E-state index in [0.717, 1.165) is 22.0 Å². The number of fused-ring (bicyclic) bond motifs is 1. The summed E-state index contributed by atoms with van der Waals surface area (Å²) in [7, 11) is 0. The maximum absolute atomic E-state index is 12.6. The molecule has 0 atom stereocenters. The smallest absolute Gasteiger partial charge is 0.255 e. The normalized spacial score (nSPS) is 10.6. The maximum Gasteiger partial charge on any atom is 0.255 e. The molecule has 0 aliphatic heterocycles. The van der Waals surface area contributed by atoms with Gasteiger partial charge < -0.3 is 16.8 Å². The summed E-state index contributed by atoms with van der Waals surface area (Å²) in [4.78, 5) is 20.9. The zero-order chi connectivity index (χ0) is 19.5. The van der Waals surface area contributed by atoms with Gasteiger partial charge in [0.2, 0.25) is 5.13 Å². The first kappa shape index (κ1) is 17.7. The van der Waals surface area contributed by atoms with E-state index in [1.54, 1.807) is 0 Å². The van der Waals surface area contributed by atoms with Crippen LogP contribution < -0.4 is 16.8 Å². The monoisotopic (exact) mass is 387 g/mol. The molecule has 0 spiro atoms.